The summed E-state index contributed by atoms with van der Waals surface area (Å²) >= 11 is 0. The Labute approximate surface area is 166 Å². The number of rotatable bonds is 5. The molecule has 0 radical (unpaired) electrons. The number of esters is 1. The van der Waals surface area contributed by atoms with E-state index in [1.807, 2.05) is 0 Å². The number of hydrogen-bond donors (Lipinski definition) is 3. The van der Waals surface area contributed by atoms with Gasteiger partial charge in [-0.3, -0.25) is 19.7 Å². The number of aromatic hydroxyl groups is 1. The molecule has 1 heterocycles. The highest BCUT2D eigenvalue weighted by Gasteiger charge is 2.30. The van der Waals surface area contributed by atoms with E-state index in [0.29, 0.717) is 17.5 Å². The molecule has 3 rings (SSSR count). The van der Waals surface area contributed by atoms with Crippen molar-refractivity contribution in [2.75, 3.05) is 12.4 Å². The van der Waals surface area contributed by atoms with Gasteiger partial charge in [-0.1, -0.05) is 18.2 Å². The molecule has 0 aliphatic carbocycles. The zero-order valence-electron chi connectivity index (χ0n) is 15.9. The van der Waals surface area contributed by atoms with Crippen molar-refractivity contribution < 1.29 is 29.0 Å². The van der Waals surface area contributed by atoms with Crippen LogP contribution in [-0.4, -0.2) is 35.9 Å². The van der Waals surface area contributed by atoms with Crippen molar-refractivity contribution in [3.63, 3.8) is 0 Å². The molecule has 1 aliphatic rings. The van der Waals surface area contributed by atoms with Gasteiger partial charge in [-0.2, -0.15) is 0 Å². The van der Waals surface area contributed by atoms with E-state index in [9.17, 15) is 24.3 Å². The normalized spacial score (nSPS) is 15.7. The summed E-state index contributed by atoms with van der Waals surface area (Å²) in [7, 11) is 1.20. The van der Waals surface area contributed by atoms with Gasteiger partial charge in [0.1, 0.15) is 5.56 Å². The molecule has 1 atom stereocenters. The highest BCUT2D eigenvalue weighted by atomic mass is 16.5. The lowest BCUT2D eigenvalue weighted by Gasteiger charge is -2.13. The fourth-order valence-corrected chi connectivity index (χ4v) is 3.16. The van der Waals surface area contributed by atoms with Gasteiger partial charge >= 0.3 is 5.97 Å². The number of aryl methyl sites for hydroxylation is 1. The number of methoxy groups -OCH3 is 1. The van der Waals surface area contributed by atoms with E-state index in [2.05, 4.69) is 15.4 Å². The maximum atomic E-state index is 12.6. The smallest absolute Gasteiger partial charge is 0.341 e. The zero-order valence-corrected chi connectivity index (χ0v) is 15.9. The van der Waals surface area contributed by atoms with Crippen LogP contribution < -0.4 is 10.6 Å². The van der Waals surface area contributed by atoms with E-state index in [1.165, 1.54) is 13.2 Å². The average Bonchev–Trinajstić information content (AvgIpc) is 3.01. The predicted molar refractivity (Wildman–Crippen MR) is 104 cm³/mol. The number of phenols is 1. The van der Waals surface area contributed by atoms with Crippen LogP contribution in [0.2, 0.25) is 0 Å². The number of imide groups is 1. The standard InChI is InChI=1S/C21H20N2O6/c1-11-3-8-15(21(28)29-2)18(25)17(11)23-19(26)13-6-4-12(5-7-13)9-14-10-16(24)22-20(14)27/h3-8,14,25H,9-10H2,1-2H3,(H,23,26)(H,22,24,27). The molecule has 3 amide bonds. The second-order valence-corrected chi connectivity index (χ2v) is 6.81. The van der Waals surface area contributed by atoms with Gasteiger partial charge in [-0.15, -0.1) is 0 Å². The van der Waals surface area contributed by atoms with E-state index in [4.69, 9.17) is 0 Å². The minimum Gasteiger partial charge on any atom is -0.505 e. The fraction of sp³-hybridized carbons (Fsp3) is 0.238. The van der Waals surface area contributed by atoms with Crippen LogP contribution in [0.25, 0.3) is 0 Å². The van der Waals surface area contributed by atoms with Crippen LogP contribution in [-0.2, 0) is 20.7 Å². The first-order chi connectivity index (χ1) is 13.8. The lowest BCUT2D eigenvalue weighted by atomic mass is 9.97. The second kappa shape index (κ2) is 8.14. The van der Waals surface area contributed by atoms with Crippen LogP contribution in [0.3, 0.4) is 0 Å². The van der Waals surface area contributed by atoms with Crippen molar-refractivity contribution in [1.82, 2.24) is 5.32 Å². The Bertz CT molecular complexity index is 997. The van der Waals surface area contributed by atoms with Crippen molar-refractivity contribution in [2.24, 2.45) is 5.92 Å². The molecule has 8 heteroatoms. The summed E-state index contributed by atoms with van der Waals surface area (Å²) in [4.78, 5) is 47.3. The van der Waals surface area contributed by atoms with Crippen LogP contribution >= 0.6 is 0 Å². The van der Waals surface area contributed by atoms with Crippen molar-refractivity contribution in [2.45, 2.75) is 19.8 Å². The Balaban J connectivity index is 1.74. The highest BCUT2D eigenvalue weighted by Crippen LogP contribution is 2.32. The lowest BCUT2D eigenvalue weighted by molar-refractivity contribution is -0.125. The monoisotopic (exact) mass is 396 g/mol. The molecule has 1 saturated heterocycles. The minimum absolute atomic E-state index is 0.0480. The molecule has 2 aromatic rings. The number of ether oxygens (including phenoxy) is 1. The van der Waals surface area contributed by atoms with Crippen LogP contribution in [0.5, 0.6) is 5.75 Å². The third-order valence-corrected chi connectivity index (χ3v) is 4.79. The minimum atomic E-state index is -0.711. The number of anilines is 1. The Morgan fingerprint density at radius 1 is 1.17 bits per heavy atom. The molecule has 0 spiro atoms. The molecule has 1 aliphatic heterocycles. The van der Waals surface area contributed by atoms with Gasteiger partial charge < -0.3 is 15.2 Å². The lowest BCUT2D eigenvalue weighted by Crippen LogP contribution is -2.22. The van der Waals surface area contributed by atoms with E-state index in [1.54, 1.807) is 37.3 Å². The third-order valence-electron chi connectivity index (χ3n) is 4.79. The number of benzene rings is 2. The Hall–Kier alpha value is -3.68. The van der Waals surface area contributed by atoms with Crippen molar-refractivity contribution >= 4 is 29.4 Å². The van der Waals surface area contributed by atoms with Crippen molar-refractivity contribution in [3.8, 4) is 5.75 Å². The number of phenolic OH excluding ortho intramolecular Hbond substituents is 1. The molecule has 1 unspecified atom stereocenters. The molecule has 2 aromatic carbocycles. The maximum absolute atomic E-state index is 12.6. The Kier molecular flexibility index (Phi) is 5.63. The molecule has 150 valence electrons. The number of hydrogen-bond acceptors (Lipinski definition) is 6. The third kappa shape index (κ3) is 4.26. The molecule has 3 N–H and O–H groups in total. The van der Waals surface area contributed by atoms with Gasteiger partial charge in [-0.05, 0) is 42.7 Å². The predicted octanol–water partition coefficient (Wildman–Crippen LogP) is 1.94. The first-order valence-electron chi connectivity index (χ1n) is 8.95. The van der Waals surface area contributed by atoms with Gasteiger partial charge in [0.05, 0.1) is 18.7 Å². The van der Waals surface area contributed by atoms with E-state index in [-0.39, 0.29) is 35.2 Å². The van der Waals surface area contributed by atoms with Crippen LogP contribution in [0, 0.1) is 12.8 Å². The molecule has 0 bridgehead atoms. The molecule has 1 fully saturated rings. The van der Waals surface area contributed by atoms with Gasteiger partial charge in [0.15, 0.2) is 5.75 Å². The summed E-state index contributed by atoms with van der Waals surface area (Å²) in [5, 5.41) is 15.2. The molecule has 0 saturated carbocycles. The van der Waals surface area contributed by atoms with Crippen LogP contribution in [0.15, 0.2) is 36.4 Å². The average molecular weight is 396 g/mol. The summed E-state index contributed by atoms with van der Waals surface area (Å²) in [6.07, 6.45) is 0.566. The first kappa shape index (κ1) is 20.1. The van der Waals surface area contributed by atoms with Gasteiger partial charge in [0.2, 0.25) is 11.8 Å². The fourth-order valence-electron chi connectivity index (χ4n) is 3.16. The largest absolute Gasteiger partial charge is 0.505 e. The zero-order chi connectivity index (χ0) is 21.1. The molecule has 8 nitrogen and oxygen atoms in total. The molecular formula is C21H20N2O6. The maximum Gasteiger partial charge on any atom is 0.341 e. The van der Waals surface area contributed by atoms with Gasteiger partial charge in [0, 0.05) is 12.0 Å². The van der Waals surface area contributed by atoms with Crippen LogP contribution in [0.4, 0.5) is 5.69 Å². The van der Waals surface area contributed by atoms with Gasteiger partial charge in [-0.25, -0.2) is 4.79 Å². The summed E-state index contributed by atoms with van der Waals surface area (Å²) < 4.78 is 4.62. The van der Waals surface area contributed by atoms with Crippen molar-refractivity contribution in [3.05, 3.63) is 58.7 Å². The SMILES string of the molecule is COC(=O)c1ccc(C)c(NC(=O)c2ccc(CC3CC(=O)NC3=O)cc2)c1O. The van der Waals surface area contributed by atoms with E-state index in [0.717, 1.165) is 5.56 Å². The molecule has 29 heavy (non-hydrogen) atoms. The van der Waals surface area contributed by atoms with Crippen LogP contribution in [0.1, 0.15) is 38.3 Å². The summed E-state index contributed by atoms with van der Waals surface area (Å²) in [6, 6.07) is 9.63. The Morgan fingerprint density at radius 3 is 2.45 bits per heavy atom. The second-order valence-electron chi connectivity index (χ2n) is 6.81. The van der Waals surface area contributed by atoms with E-state index >= 15 is 0 Å². The van der Waals surface area contributed by atoms with Gasteiger partial charge in [0.25, 0.3) is 5.91 Å². The number of carbonyl (C=O) groups is 4. The first-order valence-corrected chi connectivity index (χ1v) is 8.95. The Morgan fingerprint density at radius 2 is 1.86 bits per heavy atom. The number of carbonyl (C=O) groups excluding carboxylic acids is 4. The summed E-state index contributed by atoms with van der Waals surface area (Å²) in [5.74, 6) is -2.50. The number of nitrogens with one attached hydrogen (secondary N) is 2. The summed E-state index contributed by atoms with van der Waals surface area (Å²) in [6.45, 7) is 1.69. The number of amides is 3. The highest BCUT2D eigenvalue weighted by molar-refractivity contribution is 6.07. The molecular weight excluding hydrogens is 376 g/mol. The van der Waals surface area contributed by atoms with E-state index < -0.39 is 17.8 Å². The van der Waals surface area contributed by atoms with Crippen molar-refractivity contribution in [1.29, 1.82) is 0 Å². The summed E-state index contributed by atoms with van der Waals surface area (Å²) in [5.41, 5.74) is 1.82. The molecule has 0 aromatic heterocycles. The quantitative estimate of drug-likeness (QED) is 0.403. The topological polar surface area (TPSA) is 122 Å².